The lowest BCUT2D eigenvalue weighted by molar-refractivity contribution is -0.146. The molecule has 1 aliphatic rings. The molecule has 1 aromatic carbocycles. The third kappa shape index (κ3) is 7.69. The van der Waals surface area contributed by atoms with Crippen molar-refractivity contribution in [1.82, 2.24) is 10.6 Å². The van der Waals surface area contributed by atoms with Gasteiger partial charge in [-0.3, -0.25) is 0 Å². The largest absolute Gasteiger partial charge is 0.462 e. The van der Waals surface area contributed by atoms with Crippen LogP contribution in [-0.4, -0.2) is 42.4 Å². The molecule has 1 aromatic rings. The van der Waals surface area contributed by atoms with Crippen molar-refractivity contribution in [3.63, 3.8) is 0 Å². The van der Waals surface area contributed by atoms with Crippen LogP contribution in [0.5, 0.6) is 0 Å². The van der Waals surface area contributed by atoms with E-state index in [2.05, 4.69) is 10.6 Å². The molecule has 0 spiro atoms. The summed E-state index contributed by atoms with van der Waals surface area (Å²) in [5.41, 5.74) is 0.218. The van der Waals surface area contributed by atoms with Gasteiger partial charge in [0.25, 0.3) is 0 Å². The van der Waals surface area contributed by atoms with Crippen LogP contribution < -0.4 is 10.6 Å². The molecule has 0 saturated heterocycles. The molecular weight excluding hydrogens is 364 g/mol. The summed E-state index contributed by atoms with van der Waals surface area (Å²) in [6, 6.07) is 7.85. The van der Waals surface area contributed by atoms with Crippen LogP contribution >= 0.6 is 0 Å². The Morgan fingerprint density at radius 2 is 1.86 bits per heavy atom. The summed E-state index contributed by atoms with van der Waals surface area (Å²) >= 11 is 0. The van der Waals surface area contributed by atoms with Gasteiger partial charge in [0.1, 0.15) is 24.9 Å². The van der Waals surface area contributed by atoms with Gasteiger partial charge >= 0.3 is 18.2 Å². The molecule has 1 aliphatic heterocycles. The fraction of sp³-hybridized carbons (Fsp3) is 0.450. The summed E-state index contributed by atoms with van der Waals surface area (Å²) in [4.78, 5) is 35.9. The van der Waals surface area contributed by atoms with Crippen LogP contribution in [0, 0.1) is 0 Å². The van der Waals surface area contributed by atoms with Crippen molar-refractivity contribution in [3.8, 4) is 0 Å². The zero-order chi connectivity index (χ0) is 20.6. The first-order chi connectivity index (χ1) is 13.2. The summed E-state index contributed by atoms with van der Waals surface area (Å²) < 4.78 is 15.5. The van der Waals surface area contributed by atoms with Crippen LogP contribution in [0.25, 0.3) is 0 Å². The topological polar surface area (TPSA) is 103 Å². The van der Waals surface area contributed by atoms with Gasteiger partial charge in [-0.1, -0.05) is 42.5 Å². The summed E-state index contributed by atoms with van der Waals surface area (Å²) in [6.07, 6.45) is 2.30. The van der Waals surface area contributed by atoms with E-state index >= 15 is 0 Å². The van der Waals surface area contributed by atoms with Gasteiger partial charge in [0.15, 0.2) is 0 Å². The van der Waals surface area contributed by atoms with Crippen LogP contribution in [-0.2, 0) is 25.6 Å². The van der Waals surface area contributed by atoms with Gasteiger partial charge in [-0.15, -0.1) is 0 Å². The average molecular weight is 390 g/mol. The van der Waals surface area contributed by atoms with Gasteiger partial charge in [0.05, 0.1) is 6.04 Å². The highest BCUT2D eigenvalue weighted by Crippen LogP contribution is 2.09. The highest BCUT2D eigenvalue weighted by Gasteiger charge is 2.26. The Bertz CT molecular complexity index is 711. The Kier molecular flexibility index (Phi) is 7.43. The molecule has 1 heterocycles. The lowest BCUT2D eigenvalue weighted by Crippen LogP contribution is -2.46. The van der Waals surface area contributed by atoms with Gasteiger partial charge in [-0.2, -0.15) is 0 Å². The lowest BCUT2D eigenvalue weighted by atomic mass is 10.1. The first-order valence-corrected chi connectivity index (χ1v) is 9.03. The number of carbonyl (C=O) groups is 3. The number of amides is 2. The quantitative estimate of drug-likeness (QED) is 0.465. The number of rotatable bonds is 4. The zero-order valence-electron chi connectivity index (χ0n) is 16.3. The molecule has 2 N–H and O–H groups in total. The number of hydrogen-bond donors (Lipinski definition) is 2. The second-order valence-corrected chi connectivity index (χ2v) is 7.31. The van der Waals surface area contributed by atoms with Gasteiger partial charge in [0, 0.05) is 0 Å². The number of hydrogen-bond acceptors (Lipinski definition) is 6. The van der Waals surface area contributed by atoms with E-state index in [9.17, 15) is 14.4 Å². The second-order valence-electron chi connectivity index (χ2n) is 7.31. The number of alkyl carbamates (subject to hydrolysis) is 2. The van der Waals surface area contributed by atoms with Crippen molar-refractivity contribution in [1.29, 1.82) is 0 Å². The Hall–Kier alpha value is -3.03. The number of esters is 1. The minimum Gasteiger partial charge on any atom is -0.462 e. The lowest BCUT2D eigenvalue weighted by Gasteiger charge is -2.24. The van der Waals surface area contributed by atoms with Gasteiger partial charge in [-0.05, 0) is 32.8 Å². The first kappa shape index (κ1) is 21.3. The van der Waals surface area contributed by atoms with E-state index in [1.807, 2.05) is 30.3 Å². The van der Waals surface area contributed by atoms with Crippen LogP contribution in [0.3, 0.4) is 0 Å². The van der Waals surface area contributed by atoms with Crippen molar-refractivity contribution in [2.45, 2.75) is 51.5 Å². The maximum absolute atomic E-state index is 12.2. The molecule has 0 radical (unpaired) electrons. The third-order valence-electron chi connectivity index (χ3n) is 3.64. The maximum Gasteiger partial charge on any atom is 0.408 e. The van der Waals surface area contributed by atoms with Crippen LogP contribution in [0.1, 0.15) is 32.8 Å². The van der Waals surface area contributed by atoms with Gasteiger partial charge < -0.3 is 24.8 Å². The second kappa shape index (κ2) is 9.77. The maximum atomic E-state index is 12.2. The smallest absolute Gasteiger partial charge is 0.408 e. The van der Waals surface area contributed by atoms with Crippen molar-refractivity contribution in [2.75, 3.05) is 6.61 Å². The average Bonchev–Trinajstić information content (AvgIpc) is 2.61. The molecule has 2 rings (SSSR count). The Balaban J connectivity index is 1.82. The highest BCUT2D eigenvalue weighted by atomic mass is 16.6. The molecule has 152 valence electrons. The van der Waals surface area contributed by atoms with Gasteiger partial charge in [0.2, 0.25) is 0 Å². The summed E-state index contributed by atoms with van der Waals surface area (Å²) in [6.45, 7) is 5.31. The molecule has 0 fully saturated rings. The number of nitrogens with one attached hydrogen (secondary N) is 2. The predicted molar refractivity (Wildman–Crippen MR) is 101 cm³/mol. The molecule has 0 unspecified atom stereocenters. The minimum atomic E-state index is -0.859. The molecular formula is C20H26N2O6. The molecule has 0 bridgehead atoms. The Morgan fingerprint density at radius 3 is 2.54 bits per heavy atom. The fourth-order valence-electron chi connectivity index (χ4n) is 2.38. The monoisotopic (exact) mass is 390 g/mol. The first-order valence-electron chi connectivity index (χ1n) is 9.03. The molecule has 2 amide bonds. The standard InChI is InChI=1S/C20H26N2O6/c1-20(2,3)28-19(25)21-15-10-7-11-16(17(23)26-13-15)22-18(24)27-12-14-8-5-4-6-9-14/h4-10,15-16H,11-13H2,1-3H3,(H,21,25)(H,22,24)/b10-7-/t15-,16+/m1/s1. The number of carbonyl (C=O) groups excluding carboxylic acids is 3. The normalized spacial score (nSPS) is 20.8. The fourth-order valence-corrected chi connectivity index (χ4v) is 2.38. The van der Waals surface area contributed by atoms with Crippen molar-refractivity contribution >= 4 is 18.2 Å². The molecule has 2 atom stereocenters. The number of cyclic esters (lactones) is 1. The van der Waals surface area contributed by atoms with Crippen molar-refractivity contribution < 1.29 is 28.6 Å². The summed E-state index contributed by atoms with van der Waals surface area (Å²) in [5, 5.41) is 5.11. The number of ether oxygens (including phenoxy) is 3. The molecule has 28 heavy (non-hydrogen) atoms. The van der Waals surface area contributed by atoms with Gasteiger partial charge in [-0.25, -0.2) is 14.4 Å². The Morgan fingerprint density at radius 1 is 1.14 bits per heavy atom. The van der Waals surface area contributed by atoms with E-state index in [4.69, 9.17) is 14.2 Å². The van der Waals surface area contributed by atoms with Crippen LogP contribution in [0.2, 0.25) is 0 Å². The van der Waals surface area contributed by atoms with Crippen molar-refractivity contribution in [3.05, 3.63) is 48.0 Å². The van der Waals surface area contributed by atoms with E-state index in [0.29, 0.717) is 0 Å². The Labute approximate surface area is 164 Å². The van der Waals surface area contributed by atoms with E-state index in [1.54, 1.807) is 32.9 Å². The summed E-state index contributed by atoms with van der Waals surface area (Å²) in [5.74, 6) is -0.600. The zero-order valence-corrected chi connectivity index (χ0v) is 16.3. The SMILES string of the molecule is CC(C)(C)OC(=O)N[C@@H]1/C=C\C[C@H](NC(=O)OCc2ccccc2)C(=O)OC1. The minimum absolute atomic E-state index is 0.0637. The van der Waals surface area contributed by atoms with Crippen LogP contribution in [0.15, 0.2) is 42.5 Å². The molecule has 0 saturated carbocycles. The molecule has 8 heteroatoms. The predicted octanol–water partition coefficient (Wildman–Crippen LogP) is 2.68. The number of benzene rings is 1. The highest BCUT2D eigenvalue weighted by molar-refractivity contribution is 5.81. The van der Waals surface area contributed by atoms with E-state index in [1.165, 1.54) is 0 Å². The summed E-state index contributed by atoms with van der Waals surface area (Å²) in [7, 11) is 0. The van der Waals surface area contributed by atoms with E-state index < -0.39 is 35.8 Å². The molecule has 0 aliphatic carbocycles. The van der Waals surface area contributed by atoms with Crippen LogP contribution in [0.4, 0.5) is 9.59 Å². The third-order valence-corrected chi connectivity index (χ3v) is 3.64. The van der Waals surface area contributed by atoms with Crippen molar-refractivity contribution in [2.24, 2.45) is 0 Å². The molecule has 8 nitrogen and oxygen atoms in total. The van der Waals surface area contributed by atoms with E-state index in [-0.39, 0.29) is 19.6 Å². The molecule has 0 aromatic heterocycles. The van der Waals surface area contributed by atoms with E-state index in [0.717, 1.165) is 5.56 Å².